The zero-order chi connectivity index (χ0) is 13.0. The van der Waals surface area contributed by atoms with Crippen molar-refractivity contribution in [3.8, 4) is 5.75 Å². The van der Waals surface area contributed by atoms with Crippen molar-refractivity contribution in [1.29, 1.82) is 0 Å². The van der Waals surface area contributed by atoms with Gasteiger partial charge in [0.15, 0.2) is 0 Å². The summed E-state index contributed by atoms with van der Waals surface area (Å²) in [5.41, 5.74) is 1.13. The van der Waals surface area contributed by atoms with Gasteiger partial charge in [-0.05, 0) is 31.2 Å². The summed E-state index contributed by atoms with van der Waals surface area (Å²) in [7, 11) is 1.70. The number of ether oxygens (including phenoxy) is 2. The van der Waals surface area contributed by atoms with Gasteiger partial charge in [0.1, 0.15) is 5.75 Å². The van der Waals surface area contributed by atoms with Crippen LogP contribution in [0.25, 0.3) is 0 Å². The second-order valence-electron chi connectivity index (χ2n) is 4.55. The van der Waals surface area contributed by atoms with Gasteiger partial charge in [0.2, 0.25) is 0 Å². The molecule has 1 saturated heterocycles. The summed E-state index contributed by atoms with van der Waals surface area (Å²) in [5, 5.41) is 4.27. The van der Waals surface area contributed by atoms with Gasteiger partial charge in [-0.1, -0.05) is 18.5 Å². The first kappa shape index (κ1) is 13.7. The largest absolute Gasteiger partial charge is 0.496 e. The first-order valence-electron chi connectivity index (χ1n) is 6.40. The minimum atomic E-state index is 0.242. The molecule has 0 radical (unpaired) electrons. The molecule has 1 aliphatic heterocycles. The predicted molar refractivity (Wildman–Crippen MR) is 73.3 cm³/mol. The standard InChI is InChI=1S/C14H20ClNO2/c1-3-16-14(10-6-7-18-9-10)12-8-11(15)4-5-13(12)17-2/h4-5,8,10,14,16H,3,6-7,9H2,1-2H3. The second-order valence-corrected chi connectivity index (χ2v) is 4.98. The van der Waals surface area contributed by atoms with E-state index < -0.39 is 0 Å². The Morgan fingerprint density at radius 1 is 1.56 bits per heavy atom. The number of hydrogen-bond acceptors (Lipinski definition) is 3. The Bertz CT molecular complexity index is 391. The van der Waals surface area contributed by atoms with Crippen LogP contribution in [0.4, 0.5) is 0 Å². The number of benzene rings is 1. The number of nitrogens with one attached hydrogen (secondary N) is 1. The van der Waals surface area contributed by atoms with Crippen molar-refractivity contribution in [2.45, 2.75) is 19.4 Å². The Balaban J connectivity index is 2.31. The monoisotopic (exact) mass is 269 g/mol. The zero-order valence-electron chi connectivity index (χ0n) is 10.9. The van der Waals surface area contributed by atoms with Crippen molar-refractivity contribution in [2.24, 2.45) is 5.92 Å². The summed E-state index contributed by atoms with van der Waals surface area (Å²) < 4.78 is 10.9. The Kier molecular flexibility index (Phi) is 4.87. The van der Waals surface area contributed by atoms with Gasteiger partial charge in [0.25, 0.3) is 0 Å². The molecule has 4 heteroatoms. The Morgan fingerprint density at radius 3 is 3.00 bits per heavy atom. The fourth-order valence-corrected chi connectivity index (χ4v) is 2.69. The van der Waals surface area contributed by atoms with Crippen LogP contribution in [-0.2, 0) is 4.74 Å². The smallest absolute Gasteiger partial charge is 0.123 e. The molecule has 2 rings (SSSR count). The third kappa shape index (κ3) is 2.97. The van der Waals surface area contributed by atoms with Crippen molar-refractivity contribution in [3.05, 3.63) is 28.8 Å². The number of halogens is 1. The van der Waals surface area contributed by atoms with E-state index in [2.05, 4.69) is 12.2 Å². The van der Waals surface area contributed by atoms with Crippen LogP contribution in [0.5, 0.6) is 5.75 Å². The van der Waals surface area contributed by atoms with E-state index in [1.165, 1.54) is 0 Å². The van der Waals surface area contributed by atoms with E-state index >= 15 is 0 Å². The molecule has 3 nitrogen and oxygen atoms in total. The fraction of sp³-hybridized carbons (Fsp3) is 0.571. The first-order valence-corrected chi connectivity index (χ1v) is 6.78. The van der Waals surface area contributed by atoms with E-state index in [9.17, 15) is 0 Å². The van der Waals surface area contributed by atoms with E-state index in [0.717, 1.165) is 42.5 Å². The summed E-state index contributed by atoms with van der Waals surface area (Å²) in [5.74, 6) is 1.37. The number of hydrogen-bond donors (Lipinski definition) is 1. The normalized spacial score (nSPS) is 20.9. The quantitative estimate of drug-likeness (QED) is 0.891. The maximum atomic E-state index is 6.11. The van der Waals surface area contributed by atoms with Crippen LogP contribution in [0.2, 0.25) is 5.02 Å². The van der Waals surface area contributed by atoms with Gasteiger partial charge in [-0.25, -0.2) is 0 Å². The van der Waals surface area contributed by atoms with Crippen molar-refractivity contribution in [3.63, 3.8) is 0 Å². The molecule has 0 saturated carbocycles. The van der Waals surface area contributed by atoms with Crippen molar-refractivity contribution in [1.82, 2.24) is 5.32 Å². The highest BCUT2D eigenvalue weighted by atomic mass is 35.5. The van der Waals surface area contributed by atoms with E-state index in [0.29, 0.717) is 5.92 Å². The van der Waals surface area contributed by atoms with Gasteiger partial charge in [-0.3, -0.25) is 0 Å². The topological polar surface area (TPSA) is 30.5 Å². The van der Waals surface area contributed by atoms with E-state index in [1.54, 1.807) is 7.11 Å². The van der Waals surface area contributed by atoms with E-state index in [-0.39, 0.29) is 6.04 Å². The van der Waals surface area contributed by atoms with E-state index in [4.69, 9.17) is 21.1 Å². The molecule has 0 aliphatic carbocycles. The zero-order valence-corrected chi connectivity index (χ0v) is 11.7. The molecule has 1 N–H and O–H groups in total. The summed E-state index contributed by atoms with van der Waals surface area (Å²) in [6, 6.07) is 6.02. The molecule has 1 aliphatic rings. The van der Waals surface area contributed by atoms with Gasteiger partial charge >= 0.3 is 0 Å². The third-order valence-corrected chi connectivity index (χ3v) is 3.62. The molecule has 1 aromatic rings. The average Bonchev–Trinajstić information content (AvgIpc) is 2.89. The lowest BCUT2D eigenvalue weighted by Gasteiger charge is -2.25. The summed E-state index contributed by atoms with van der Waals surface area (Å²) in [4.78, 5) is 0. The van der Waals surface area contributed by atoms with Crippen LogP contribution < -0.4 is 10.1 Å². The predicted octanol–water partition coefficient (Wildman–Crippen LogP) is 3.04. The SMILES string of the molecule is CCNC(c1cc(Cl)ccc1OC)C1CCOC1. The van der Waals surface area contributed by atoms with Gasteiger partial charge in [0, 0.05) is 29.2 Å². The summed E-state index contributed by atoms with van der Waals surface area (Å²) in [6.45, 7) is 4.67. The van der Waals surface area contributed by atoms with Gasteiger partial charge in [-0.2, -0.15) is 0 Å². The van der Waals surface area contributed by atoms with Crippen LogP contribution in [0.1, 0.15) is 24.9 Å². The number of methoxy groups -OCH3 is 1. The maximum absolute atomic E-state index is 6.11. The molecule has 18 heavy (non-hydrogen) atoms. The molecular formula is C14H20ClNO2. The lowest BCUT2D eigenvalue weighted by Crippen LogP contribution is -2.29. The first-order chi connectivity index (χ1) is 8.76. The molecule has 1 aromatic carbocycles. The Labute approximate surface area is 113 Å². The van der Waals surface area contributed by atoms with Crippen LogP contribution in [0.3, 0.4) is 0 Å². The van der Waals surface area contributed by atoms with Crippen LogP contribution in [0.15, 0.2) is 18.2 Å². The molecule has 0 aromatic heterocycles. The Hall–Kier alpha value is -0.770. The van der Waals surface area contributed by atoms with Gasteiger partial charge in [0.05, 0.1) is 13.7 Å². The molecule has 0 amide bonds. The highest BCUT2D eigenvalue weighted by Crippen LogP contribution is 2.35. The summed E-state index contributed by atoms with van der Waals surface area (Å²) in [6.07, 6.45) is 1.08. The molecule has 1 fully saturated rings. The molecular weight excluding hydrogens is 250 g/mol. The minimum Gasteiger partial charge on any atom is -0.496 e. The molecule has 100 valence electrons. The van der Waals surface area contributed by atoms with Crippen LogP contribution in [-0.4, -0.2) is 26.9 Å². The van der Waals surface area contributed by atoms with Crippen LogP contribution >= 0.6 is 11.6 Å². The van der Waals surface area contributed by atoms with E-state index in [1.807, 2.05) is 18.2 Å². The van der Waals surface area contributed by atoms with Crippen molar-refractivity contribution < 1.29 is 9.47 Å². The van der Waals surface area contributed by atoms with Crippen LogP contribution in [0, 0.1) is 5.92 Å². The maximum Gasteiger partial charge on any atom is 0.123 e. The molecule has 1 heterocycles. The average molecular weight is 270 g/mol. The summed E-state index contributed by atoms with van der Waals surface area (Å²) >= 11 is 6.11. The van der Waals surface area contributed by atoms with Crippen molar-refractivity contribution in [2.75, 3.05) is 26.9 Å². The highest BCUT2D eigenvalue weighted by molar-refractivity contribution is 6.30. The lowest BCUT2D eigenvalue weighted by atomic mass is 9.91. The second kappa shape index (κ2) is 6.41. The molecule has 0 bridgehead atoms. The van der Waals surface area contributed by atoms with Gasteiger partial charge < -0.3 is 14.8 Å². The minimum absolute atomic E-state index is 0.242. The highest BCUT2D eigenvalue weighted by Gasteiger charge is 2.28. The van der Waals surface area contributed by atoms with Crippen molar-refractivity contribution >= 4 is 11.6 Å². The fourth-order valence-electron chi connectivity index (χ4n) is 2.51. The molecule has 2 unspecified atom stereocenters. The third-order valence-electron chi connectivity index (χ3n) is 3.39. The lowest BCUT2D eigenvalue weighted by molar-refractivity contribution is 0.176. The van der Waals surface area contributed by atoms with Gasteiger partial charge in [-0.15, -0.1) is 0 Å². The Morgan fingerprint density at radius 2 is 2.39 bits per heavy atom. The number of rotatable bonds is 5. The molecule has 2 atom stereocenters. The molecule has 0 spiro atoms.